The normalized spacial score (nSPS) is 14.2. The molecule has 0 aliphatic heterocycles. The second kappa shape index (κ2) is 5.28. The number of aryl methyl sites for hydroxylation is 2. The number of hydrogen-bond acceptors (Lipinski definition) is 5. The van der Waals surface area contributed by atoms with Gasteiger partial charge in [-0.1, -0.05) is 23.9 Å². The molecule has 0 amide bonds. The molecule has 112 valence electrons. The van der Waals surface area contributed by atoms with Crippen LogP contribution in [-0.2, 0) is 12.8 Å². The van der Waals surface area contributed by atoms with E-state index >= 15 is 0 Å². The Morgan fingerprint density at radius 2 is 1.95 bits per heavy atom. The lowest BCUT2D eigenvalue weighted by atomic mass is 9.97. The molecule has 6 heteroatoms. The van der Waals surface area contributed by atoms with Crippen molar-refractivity contribution < 1.29 is 0 Å². The molecule has 3 aromatic rings. The van der Waals surface area contributed by atoms with Crippen LogP contribution >= 0.6 is 11.8 Å². The Kier molecular flexibility index (Phi) is 3.26. The van der Waals surface area contributed by atoms with Crippen LogP contribution in [0, 0.1) is 6.92 Å². The Labute approximate surface area is 133 Å². The average Bonchev–Trinajstić information content (AvgIpc) is 2.89. The maximum atomic E-state index is 6.11. The zero-order chi connectivity index (χ0) is 15.1. The van der Waals surface area contributed by atoms with Crippen molar-refractivity contribution >= 4 is 23.2 Å². The van der Waals surface area contributed by atoms with E-state index in [2.05, 4.69) is 10.1 Å². The van der Waals surface area contributed by atoms with Gasteiger partial charge in [0.1, 0.15) is 10.9 Å². The minimum absolute atomic E-state index is 0.690. The van der Waals surface area contributed by atoms with E-state index in [1.54, 1.807) is 11.8 Å². The standard InChI is InChI=1S/C16H17N5S/c1-10-18-16-19-13-8-4-2-6-11(13)15(21(16)20-10)22-14-9-5-3-7-12(14)17/h3,5,7,9H,2,4,6,8,17H2,1H3. The number of nitrogen functional groups attached to an aromatic ring is 1. The summed E-state index contributed by atoms with van der Waals surface area (Å²) in [5.74, 6) is 1.44. The van der Waals surface area contributed by atoms with E-state index in [1.165, 1.54) is 24.1 Å². The van der Waals surface area contributed by atoms with Crippen LogP contribution < -0.4 is 5.73 Å². The Morgan fingerprint density at radius 1 is 1.14 bits per heavy atom. The van der Waals surface area contributed by atoms with Crippen LogP contribution in [-0.4, -0.2) is 19.6 Å². The molecule has 0 atom stereocenters. The number of nitrogens with zero attached hydrogens (tertiary/aromatic N) is 4. The number of aromatic nitrogens is 4. The van der Waals surface area contributed by atoms with Crippen molar-refractivity contribution in [2.45, 2.75) is 42.5 Å². The summed E-state index contributed by atoms with van der Waals surface area (Å²) in [5.41, 5.74) is 9.37. The number of fused-ring (bicyclic) bond motifs is 2. The molecule has 2 heterocycles. The van der Waals surface area contributed by atoms with Gasteiger partial charge in [-0.05, 0) is 44.7 Å². The van der Waals surface area contributed by atoms with Crippen LogP contribution in [0.1, 0.15) is 29.9 Å². The van der Waals surface area contributed by atoms with Gasteiger partial charge in [-0.25, -0.2) is 4.98 Å². The molecule has 0 radical (unpaired) electrons. The molecule has 0 saturated heterocycles. The lowest BCUT2D eigenvalue weighted by molar-refractivity contribution is 0.634. The Balaban J connectivity index is 1.92. The van der Waals surface area contributed by atoms with Gasteiger partial charge in [0.05, 0.1) is 5.69 Å². The van der Waals surface area contributed by atoms with Gasteiger partial charge in [0.2, 0.25) is 0 Å². The van der Waals surface area contributed by atoms with Crippen LogP contribution in [0.3, 0.4) is 0 Å². The van der Waals surface area contributed by atoms with Crippen LogP contribution in [0.5, 0.6) is 0 Å². The van der Waals surface area contributed by atoms with Gasteiger partial charge in [-0.2, -0.15) is 9.50 Å². The predicted molar refractivity (Wildman–Crippen MR) is 87.1 cm³/mol. The number of nitrogens with two attached hydrogens (primary N) is 1. The molecular weight excluding hydrogens is 294 g/mol. The van der Waals surface area contributed by atoms with Crippen molar-refractivity contribution in [2.75, 3.05) is 5.73 Å². The third-order valence-corrected chi connectivity index (χ3v) is 5.15. The van der Waals surface area contributed by atoms with Crippen molar-refractivity contribution in [1.29, 1.82) is 0 Å². The summed E-state index contributed by atoms with van der Waals surface area (Å²) in [6, 6.07) is 7.94. The van der Waals surface area contributed by atoms with Crippen LogP contribution in [0.25, 0.3) is 5.78 Å². The summed E-state index contributed by atoms with van der Waals surface area (Å²) < 4.78 is 1.87. The fourth-order valence-electron chi connectivity index (χ4n) is 2.89. The second-order valence-electron chi connectivity index (χ2n) is 5.56. The number of para-hydroxylation sites is 1. The summed E-state index contributed by atoms with van der Waals surface area (Å²) in [5, 5.41) is 5.64. The van der Waals surface area contributed by atoms with Gasteiger partial charge in [0.25, 0.3) is 5.78 Å². The summed E-state index contributed by atoms with van der Waals surface area (Å²) in [4.78, 5) is 10.2. The molecule has 0 fully saturated rings. The Bertz CT molecular complexity index is 855. The van der Waals surface area contributed by atoms with Crippen LogP contribution in [0.2, 0.25) is 0 Å². The molecule has 1 aromatic carbocycles. The summed E-state index contributed by atoms with van der Waals surface area (Å²) in [6.07, 6.45) is 4.47. The highest BCUT2D eigenvalue weighted by atomic mass is 32.2. The van der Waals surface area contributed by atoms with E-state index in [1.807, 2.05) is 35.7 Å². The molecule has 0 unspecified atom stereocenters. The highest BCUT2D eigenvalue weighted by Gasteiger charge is 2.21. The average molecular weight is 311 g/mol. The zero-order valence-corrected chi connectivity index (χ0v) is 13.2. The van der Waals surface area contributed by atoms with Gasteiger partial charge < -0.3 is 5.73 Å². The first-order valence-electron chi connectivity index (χ1n) is 7.50. The molecular formula is C16H17N5S. The van der Waals surface area contributed by atoms with Gasteiger partial charge in [0.15, 0.2) is 0 Å². The highest BCUT2D eigenvalue weighted by molar-refractivity contribution is 7.99. The monoisotopic (exact) mass is 311 g/mol. The summed E-state index contributed by atoms with van der Waals surface area (Å²) in [6.45, 7) is 1.90. The van der Waals surface area contributed by atoms with Gasteiger partial charge in [-0.15, -0.1) is 5.10 Å². The minimum atomic E-state index is 0.690. The SMILES string of the molecule is Cc1nc2nc3c(c(Sc4ccccc4N)n2n1)CCCC3. The van der Waals surface area contributed by atoms with Gasteiger partial charge in [-0.3, -0.25) is 0 Å². The lowest BCUT2D eigenvalue weighted by Gasteiger charge is -2.19. The van der Waals surface area contributed by atoms with Crippen molar-refractivity contribution in [1.82, 2.24) is 19.6 Å². The van der Waals surface area contributed by atoms with Gasteiger partial charge >= 0.3 is 0 Å². The quantitative estimate of drug-likeness (QED) is 0.582. The van der Waals surface area contributed by atoms with Crippen molar-refractivity contribution in [3.63, 3.8) is 0 Å². The summed E-state index contributed by atoms with van der Waals surface area (Å²) in [7, 11) is 0. The van der Waals surface area contributed by atoms with Crippen LogP contribution in [0.15, 0.2) is 34.2 Å². The summed E-state index contributed by atoms with van der Waals surface area (Å²) >= 11 is 1.67. The molecule has 0 bridgehead atoms. The van der Waals surface area contributed by atoms with E-state index in [9.17, 15) is 0 Å². The number of benzene rings is 1. The zero-order valence-electron chi connectivity index (χ0n) is 12.4. The molecule has 2 N–H and O–H groups in total. The minimum Gasteiger partial charge on any atom is -0.398 e. The van der Waals surface area contributed by atoms with E-state index in [-0.39, 0.29) is 0 Å². The van der Waals surface area contributed by atoms with Crippen molar-refractivity contribution in [3.05, 3.63) is 41.3 Å². The molecule has 2 aromatic heterocycles. The van der Waals surface area contributed by atoms with E-state index in [0.717, 1.165) is 34.3 Å². The molecule has 0 spiro atoms. The topological polar surface area (TPSA) is 69.1 Å². The maximum absolute atomic E-state index is 6.11. The highest BCUT2D eigenvalue weighted by Crippen LogP contribution is 2.37. The largest absolute Gasteiger partial charge is 0.398 e. The molecule has 4 rings (SSSR count). The molecule has 5 nitrogen and oxygen atoms in total. The molecule has 1 aliphatic carbocycles. The molecule has 1 aliphatic rings. The van der Waals surface area contributed by atoms with E-state index < -0.39 is 0 Å². The van der Waals surface area contributed by atoms with E-state index in [0.29, 0.717) is 5.78 Å². The smallest absolute Gasteiger partial charge is 0.253 e. The second-order valence-corrected chi connectivity index (χ2v) is 6.59. The first kappa shape index (κ1) is 13.6. The number of rotatable bonds is 2. The van der Waals surface area contributed by atoms with Crippen molar-refractivity contribution in [3.8, 4) is 0 Å². The van der Waals surface area contributed by atoms with Crippen LogP contribution in [0.4, 0.5) is 5.69 Å². The Hall–Kier alpha value is -2.08. The predicted octanol–water partition coefficient (Wildman–Crippen LogP) is 3.04. The fraction of sp³-hybridized carbons (Fsp3) is 0.312. The number of hydrogen-bond donors (Lipinski definition) is 1. The lowest BCUT2D eigenvalue weighted by Crippen LogP contribution is -2.11. The molecule has 0 saturated carbocycles. The third kappa shape index (κ3) is 2.23. The van der Waals surface area contributed by atoms with Crippen molar-refractivity contribution in [2.24, 2.45) is 0 Å². The first-order valence-corrected chi connectivity index (χ1v) is 8.31. The first-order chi connectivity index (χ1) is 10.7. The molecule has 22 heavy (non-hydrogen) atoms. The Morgan fingerprint density at radius 3 is 2.82 bits per heavy atom. The number of anilines is 1. The van der Waals surface area contributed by atoms with E-state index in [4.69, 9.17) is 10.7 Å². The third-order valence-electron chi connectivity index (χ3n) is 3.95. The maximum Gasteiger partial charge on any atom is 0.253 e. The van der Waals surface area contributed by atoms with Gasteiger partial charge in [0, 0.05) is 16.1 Å². The fourth-order valence-corrected chi connectivity index (χ4v) is 3.98.